The van der Waals surface area contributed by atoms with E-state index in [0.717, 1.165) is 0 Å². The van der Waals surface area contributed by atoms with Crippen LogP contribution in [-0.2, 0) is 4.12 Å². The van der Waals surface area contributed by atoms with Crippen LogP contribution in [0, 0.1) is 0 Å². The summed E-state index contributed by atoms with van der Waals surface area (Å²) >= 11 is 4.00. The molecule has 0 heterocycles. The molecule has 0 aromatic rings. The largest absolute Gasteiger partial charge is 0.485 e. The summed E-state index contributed by atoms with van der Waals surface area (Å²) in [5, 5.41) is 0. The SMILES string of the molecule is C[Si](C)(C)O[Si](O)(O)CCCS. The van der Waals surface area contributed by atoms with E-state index < -0.39 is 17.1 Å². The Morgan fingerprint density at radius 2 is 1.75 bits per heavy atom. The fourth-order valence-corrected chi connectivity index (χ4v) is 6.27. The Bertz CT molecular complexity index is 135. The third-order valence-corrected chi connectivity index (χ3v) is 6.21. The molecule has 0 amide bonds. The second-order valence-corrected chi connectivity index (χ2v) is 11.3. The van der Waals surface area contributed by atoms with Crippen LogP contribution in [0.15, 0.2) is 0 Å². The highest BCUT2D eigenvalue weighted by atomic mass is 32.1. The molecule has 6 heteroatoms. The Balaban J connectivity index is 3.86. The lowest BCUT2D eigenvalue weighted by Gasteiger charge is -2.26. The van der Waals surface area contributed by atoms with Crippen LogP contribution in [0.4, 0.5) is 0 Å². The molecule has 0 aromatic carbocycles. The predicted molar refractivity (Wildman–Crippen MR) is 57.9 cm³/mol. The lowest BCUT2D eigenvalue weighted by atomic mass is 10.6. The van der Waals surface area contributed by atoms with Gasteiger partial charge in [-0.3, -0.25) is 0 Å². The van der Waals surface area contributed by atoms with Gasteiger partial charge in [0.1, 0.15) is 0 Å². The van der Waals surface area contributed by atoms with Crippen molar-refractivity contribution in [3.63, 3.8) is 0 Å². The molecular weight excluding hydrogens is 208 g/mol. The van der Waals surface area contributed by atoms with E-state index in [1.807, 2.05) is 19.6 Å². The summed E-state index contributed by atoms with van der Waals surface area (Å²) in [5.41, 5.74) is 0. The Morgan fingerprint density at radius 3 is 2.08 bits per heavy atom. The van der Waals surface area contributed by atoms with Gasteiger partial charge in [-0.15, -0.1) is 0 Å². The van der Waals surface area contributed by atoms with Crippen LogP contribution in [-0.4, -0.2) is 32.5 Å². The zero-order chi connectivity index (χ0) is 9.83. The molecule has 0 saturated heterocycles. The maximum atomic E-state index is 9.45. The second-order valence-electron chi connectivity index (χ2n) is 3.78. The molecular formula is C6H18O3SSi2. The first-order chi connectivity index (χ1) is 5.27. The Kier molecular flexibility index (Phi) is 5.04. The topological polar surface area (TPSA) is 49.7 Å². The van der Waals surface area contributed by atoms with Gasteiger partial charge in [-0.25, -0.2) is 0 Å². The van der Waals surface area contributed by atoms with Crippen LogP contribution in [0.3, 0.4) is 0 Å². The molecule has 0 atom stereocenters. The molecule has 12 heavy (non-hydrogen) atoms. The van der Waals surface area contributed by atoms with Gasteiger partial charge in [0.15, 0.2) is 8.32 Å². The fourth-order valence-electron chi connectivity index (χ4n) is 0.851. The third-order valence-electron chi connectivity index (χ3n) is 1.13. The number of thiol groups is 1. The quantitative estimate of drug-likeness (QED) is 0.486. The van der Waals surface area contributed by atoms with Gasteiger partial charge < -0.3 is 13.7 Å². The van der Waals surface area contributed by atoms with Gasteiger partial charge in [0.2, 0.25) is 0 Å². The minimum absolute atomic E-state index is 0.362. The third kappa shape index (κ3) is 7.32. The molecule has 0 unspecified atom stereocenters. The van der Waals surface area contributed by atoms with Crippen LogP contribution >= 0.6 is 12.6 Å². The highest BCUT2D eigenvalue weighted by Gasteiger charge is 2.36. The fraction of sp³-hybridized carbons (Fsp3) is 1.00. The molecule has 0 rings (SSSR count). The van der Waals surface area contributed by atoms with Gasteiger partial charge >= 0.3 is 8.80 Å². The zero-order valence-corrected chi connectivity index (χ0v) is 10.8. The van der Waals surface area contributed by atoms with Crippen LogP contribution in [0.25, 0.3) is 0 Å². The van der Waals surface area contributed by atoms with E-state index in [1.165, 1.54) is 0 Å². The summed E-state index contributed by atoms with van der Waals surface area (Å²) in [4.78, 5) is 18.9. The molecule has 0 aliphatic carbocycles. The van der Waals surface area contributed by atoms with Crippen LogP contribution in [0.1, 0.15) is 6.42 Å². The average molecular weight is 226 g/mol. The van der Waals surface area contributed by atoms with Gasteiger partial charge in [0.25, 0.3) is 0 Å². The first-order valence-electron chi connectivity index (χ1n) is 4.03. The molecule has 0 radical (unpaired) electrons. The van der Waals surface area contributed by atoms with E-state index in [1.54, 1.807) is 0 Å². The highest BCUT2D eigenvalue weighted by Crippen LogP contribution is 2.14. The molecule has 0 aromatic heterocycles. The van der Waals surface area contributed by atoms with Gasteiger partial charge in [0, 0.05) is 6.04 Å². The van der Waals surface area contributed by atoms with E-state index in [2.05, 4.69) is 12.6 Å². The minimum atomic E-state index is -3.35. The van der Waals surface area contributed by atoms with Gasteiger partial charge in [-0.1, -0.05) is 0 Å². The normalized spacial score (nSPS) is 13.5. The first-order valence-corrected chi connectivity index (χ1v) is 10.1. The van der Waals surface area contributed by atoms with Gasteiger partial charge in [0.05, 0.1) is 0 Å². The van der Waals surface area contributed by atoms with Crippen LogP contribution in [0.5, 0.6) is 0 Å². The summed E-state index contributed by atoms with van der Waals surface area (Å²) in [5.74, 6) is 0.672. The summed E-state index contributed by atoms with van der Waals surface area (Å²) in [6, 6.07) is 0.362. The predicted octanol–water partition coefficient (Wildman–Crippen LogP) is 1.08. The molecule has 2 N–H and O–H groups in total. The molecule has 0 bridgehead atoms. The van der Waals surface area contributed by atoms with E-state index in [-0.39, 0.29) is 0 Å². The van der Waals surface area contributed by atoms with Gasteiger partial charge in [-0.2, -0.15) is 12.6 Å². The van der Waals surface area contributed by atoms with Crippen molar-refractivity contribution in [2.75, 3.05) is 5.75 Å². The first kappa shape index (κ1) is 12.7. The maximum absolute atomic E-state index is 9.45. The molecule has 0 saturated carbocycles. The summed E-state index contributed by atoms with van der Waals surface area (Å²) < 4.78 is 5.28. The molecule has 74 valence electrons. The summed E-state index contributed by atoms with van der Waals surface area (Å²) in [6.07, 6.45) is 0.701. The van der Waals surface area contributed by atoms with Crippen molar-refractivity contribution in [2.45, 2.75) is 32.1 Å². The van der Waals surface area contributed by atoms with Crippen LogP contribution in [0.2, 0.25) is 25.7 Å². The standard InChI is InChI=1S/C6H18O3SSi2/c1-11(2,3)9-12(7,8)6-4-5-10/h7-8,10H,4-6H2,1-3H3. The smallest absolute Gasteiger partial charge is 0.416 e. The molecule has 0 aliphatic rings. The molecule has 0 aliphatic heterocycles. The summed E-state index contributed by atoms with van der Waals surface area (Å²) in [6.45, 7) is 5.84. The van der Waals surface area contributed by atoms with Crippen molar-refractivity contribution in [2.24, 2.45) is 0 Å². The summed E-state index contributed by atoms with van der Waals surface area (Å²) in [7, 11) is -5.15. The number of rotatable bonds is 5. The number of hydrogen-bond donors (Lipinski definition) is 3. The van der Waals surface area contributed by atoms with E-state index >= 15 is 0 Å². The van der Waals surface area contributed by atoms with E-state index in [4.69, 9.17) is 4.12 Å². The van der Waals surface area contributed by atoms with Crippen molar-refractivity contribution in [1.29, 1.82) is 0 Å². The average Bonchev–Trinajstić information content (AvgIpc) is 1.78. The van der Waals surface area contributed by atoms with Crippen molar-refractivity contribution in [3.8, 4) is 0 Å². The molecule has 0 fully saturated rings. The van der Waals surface area contributed by atoms with Crippen molar-refractivity contribution >= 4 is 29.8 Å². The lowest BCUT2D eigenvalue weighted by Crippen LogP contribution is -2.47. The lowest BCUT2D eigenvalue weighted by molar-refractivity contribution is 0.235. The monoisotopic (exact) mass is 226 g/mol. The van der Waals surface area contributed by atoms with E-state index in [9.17, 15) is 9.59 Å². The van der Waals surface area contributed by atoms with Crippen molar-refractivity contribution in [1.82, 2.24) is 0 Å². The highest BCUT2D eigenvalue weighted by molar-refractivity contribution is 7.80. The molecule has 3 nitrogen and oxygen atoms in total. The minimum Gasteiger partial charge on any atom is -0.416 e. The van der Waals surface area contributed by atoms with Crippen molar-refractivity contribution < 1.29 is 13.7 Å². The second kappa shape index (κ2) is 4.78. The zero-order valence-electron chi connectivity index (χ0n) is 7.87. The van der Waals surface area contributed by atoms with Gasteiger partial charge in [-0.05, 0) is 31.8 Å². The number of hydrogen-bond acceptors (Lipinski definition) is 4. The molecule has 0 spiro atoms. The Labute approximate surface area is 81.7 Å². The Hall–Kier alpha value is 0.664. The van der Waals surface area contributed by atoms with Crippen molar-refractivity contribution in [3.05, 3.63) is 0 Å². The van der Waals surface area contributed by atoms with Crippen LogP contribution < -0.4 is 0 Å². The Morgan fingerprint density at radius 1 is 1.25 bits per heavy atom. The maximum Gasteiger partial charge on any atom is 0.485 e. The van der Waals surface area contributed by atoms with E-state index in [0.29, 0.717) is 18.2 Å².